The molecule has 0 unspecified atom stereocenters. The maximum atomic E-state index is 11.9. The van der Waals surface area contributed by atoms with E-state index in [1.807, 2.05) is 4.90 Å². The summed E-state index contributed by atoms with van der Waals surface area (Å²) < 4.78 is 5.21. The van der Waals surface area contributed by atoms with Gasteiger partial charge in [-0.05, 0) is 5.21 Å². The Morgan fingerprint density at radius 1 is 1.41 bits per heavy atom. The number of nitrogens with one attached hydrogen (secondary N) is 2. The summed E-state index contributed by atoms with van der Waals surface area (Å²) in [6, 6.07) is 0. The standard InChI is InChI=1S/C10H12N8O3.Rb/c19-7(12-9-14-16-17-15-9)6-5-11-10(13-8(6)20)18-1-3-21-4-2-18;/h5H,1-4H2,(H,11,13,20)(H2,12,14,15,16,17,19);/q;+1/p-1. The predicted molar refractivity (Wildman–Crippen MR) is 66.6 cm³/mol. The van der Waals surface area contributed by atoms with E-state index in [9.17, 15) is 9.90 Å². The number of aromatic nitrogens is 6. The van der Waals surface area contributed by atoms with Crippen LogP contribution in [0.4, 0.5) is 11.9 Å². The third-order valence-corrected chi connectivity index (χ3v) is 2.85. The van der Waals surface area contributed by atoms with Crippen LogP contribution in [0.25, 0.3) is 0 Å². The Kier molecular flexibility index (Phi) is 6.31. The number of ether oxygens (including phenoxy) is 1. The fourth-order valence-corrected chi connectivity index (χ4v) is 1.81. The van der Waals surface area contributed by atoms with Crippen molar-refractivity contribution in [1.29, 1.82) is 0 Å². The van der Waals surface area contributed by atoms with Crippen molar-refractivity contribution in [2.24, 2.45) is 0 Å². The zero-order chi connectivity index (χ0) is 14.7. The van der Waals surface area contributed by atoms with Crippen molar-refractivity contribution < 1.29 is 72.8 Å². The van der Waals surface area contributed by atoms with Gasteiger partial charge in [0.25, 0.3) is 11.9 Å². The number of hydrogen-bond acceptors (Lipinski definition) is 9. The largest absolute Gasteiger partial charge is 1.00 e. The first-order valence-corrected chi connectivity index (χ1v) is 6.15. The summed E-state index contributed by atoms with van der Waals surface area (Å²) in [5.74, 6) is -1.08. The molecule has 0 atom stereocenters. The van der Waals surface area contributed by atoms with Crippen LogP contribution in [0.5, 0.6) is 5.88 Å². The molecule has 110 valence electrons. The molecule has 1 fully saturated rings. The number of H-pyrrole nitrogens is 1. The Morgan fingerprint density at radius 2 is 2.18 bits per heavy atom. The van der Waals surface area contributed by atoms with Gasteiger partial charge in [0.05, 0.1) is 18.8 Å². The molecular weight excluding hydrogens is 366 g/mol. The van der Waals surface area contributed by atoms with Crippen LogP contribution in [0, 0.1) is 0 Å². The molecule has 0 aliphatic carbocycles. The fourth-order valence-electron chi connectivity index (χ4n) is 1.81. The average molecular weight is 377 g/mol. The van der Waals surface area contributed by atoms with Crippen LogP contribution in [0.3, 0.4) is 0 Å². The molecule has 1 aliphatic heterocycles. The Morgan fingerprint density at radius 3 is 2.82 bits per heavy atom. The van der Waals surface area contributed by atoms with Gasteiger partial charge in [0.15, 0.2) is 0 Å². The van der Waals surface area contributed by atoms with Gasteiger partial charge in [-0.1, -0.05) is 5.10 Å². The number of morpholine rings is 1. The van der Waals surface area contributed by atoms with E-state index >= 15 is 0 Å². The summed E-state index contributed by atoms with van der Waals surface area (Å²) in [6.45, 7) is 2.32. The Labute approximate surface area is 173 Å². The van der Waals surface area contributed by atoms with Crippen LogP contribution in [0.15, 0.2) is 6.20 Å². The Hall–Kier alpha value is -1.01. The van der Waals surface area contributed by atoms with Crippen LogP contribution in [0.2, 0.25) is 0 Å². The number of amides is 1. The molecule has 0 aromatic carbocycles. The smallest absolute Gasteiger partial charge is 0.858 e. The molecular formula is C10H11N8O3Rb. The molecule has 2 aromatic heterocycles. The zero-order valence-corrected chi connectivity index (χ0v) is 16.7. The third-order valence-electron chi connectivity index (χ3n) is 2.85. The van der Waals surface area contributed by atoms with E-state index in [-0.39, 0.29) is 69.7 Å². The van der Waals surface area contributed by atoms with Crippen molar-refractivity contribution in [2.45, 2.75) is 0 Å². The topological polar surface area (TPSA) is 145 Å². The van der Waals surface area contributed by atoms with E-state index in [2.05, 4.69) is 35.9 Å². The zero-order valence-electron chi connectivity index (χ0n) is 11.8. The average Bonchev–Trinajstić information content (AvgIpc) is 3.01. The first kappa shape index (κ1) is 17.3. The maximum Gasteiger partial charge on any atom is 1.00 e. The van der Waals surface area contributed by atoms with E-state index in [1.54, 1.807) is 0 Å². The van der Waals surface area contributed by atoms with Crippen LogP contribution < -0.4 is 73.5 Å². The van der Waals surface area contributed by atoms with Gasteiger partial charge >= 0.3 is 58.2 Å². The van der Waals surface area contributed by atoms with Gasteiger partial charge in [-0.25, -0.2) is 9.97 Å². The summed E-state index contributed by atoms with van der Waals surface area (Å²) in [4.78, 5) is 21.6. The minimum Gasteiger partial charge on any atom is -0.858 e. The molecule has 0 radical (unpaired) electrons. The molecule has 1 amide bonds. The van der Waals surface area contributed by atoms with Gasteiger partial charge in [0, 0.05) is 25.2 Å². The number of carbonyl (C=O) groups excluding carboxylic acids is 1. The minimum absolute atomic E-state index is 0. The Bertz CT molecular complexity index is 631. The number of anilines is 2. The quantitative estimate of drug-likeness (QED) is 0.538. The first-order valence-electron chi connectivity index (χ1n) is 6.15. The van der Waals surface area contributed by atoms with Crippen LogP contribution in [-0.4, -0.2) is 62.8 Å². The number of carbonyl (C=O) groups is 1. The summed E-state index contributed by atoms with van der Waals surface area (Å²) in [6.07, 6.45) is 1.19. The molecule has 11 nitrogen and oxygen atoms in total. The molecule has 12 heteroatoms. The monoisotopic (exact) mass is 376 g/mol. The van der Waals surface area contributed by atoms with Crippen molar-refractivity contribution in [2.75, 3.05) is 36.5 Å². The summed E-state index contributed by atoms with van der Waals surface area (Å²) in [5.41, 5.74) is -0.184. The van der Waals surface area contributed by atoms with Crippen LogP contribution in [0.1, 0.15) is 10.4 Å². The number of tetrazole rings is 1. The molecule has 3 heterocycles. The first-order chi connectivity index (χ1) is 10.2. The molecule has 3 rings (SSSR count). The van der Waals surface area contributed by atoms with E-state index in [4.69, 9.17) is 4.74 Å². The van der Waals surface area contributed by atoms with Gasteiger partial charge in [0.2, 0.25) is 5.95 Å². The SMILES string of the molecule is O=C(Nc1nn[nH]n1)c1cnc(N2CCOCC2)nc1[O-].[Rb+]. The molecule has 1 saturated heterocycles. The normalized spacial score (nSPS) is 14.3. The molecule has 22 heavy (non-hydrogen) atoms. The minimum atomic E-state index is -0.685. The fraction of sp³-hybridized carbons (Fsp3) is 0.400. The Balaban J connectivity index is 0.00000176. The van der Waals surface area contributed by atoms with E-state index in [0.29, 0.717) is 32.3 Å². The van der Waals surface area contributed by atoms with Crippen molar-refractivity contribution >= 4 is 17.8 Å². The summed E-state index contributed by atoms with van der Waals surface area (Å²) in [7, 11) is 0. The maximum absolute atomic E-state index is 11.9. The van der Waals surface area contributed by atoms with Crippen molar-refractivity contribution in [3.8, 4) is 5.88 Å². The molecule has 0 spiro atoms. The molecule has 0 saturated carbocycles. The molecule has 2 aromatic rings. The van der Waals surface area contributed by atoms with E-state index < -0.39 is 11.8 Å². The predicted octanol–water partition coefficient (Wildman–Crippen LogP) is -4.84. The van der Waals surface area contributed by atoms with Crippen LogP contribution >= 0.6 is 0 Å². The number of nitrogens with zero attached hydrogens (tertiary/aromatic N) is 6. The van der Waals surface area contributed by atoms with Gasteiger partial charge in [-0.2, -0.15) is 5.21 Å². The number of aromatic amines is 1. The van der Waals surface area contributed by atoms with Crippen molar-refractivity contribution in [1.82, 2.24) is 30.6 Å². The third kappa shape index (κ3) is 4.04. The second kappa shape index (κ2) is 8.01. The second-order valence-corrected chi connectivity index (χ2v) is 4.18. The molecule has 1 aliphatic rings. The number of rotatable bonds is 3. The second-order valence-electron chi connectivity index (χ2n) is 4.18. The van der Waals surface area contributed by atoms with Gasteiger partial charge in [-0.15, -0.1) is 5.10 Å². The van der Waals surface area contributed by atoms with Gasteiger partial charge in [0.1, 0.15) is 0 Å². The van der Waals surface area contributed by atoms with E-state index in [1.165, 1.54) is 6.20 Å². The molecule has 2 N–H and O–H groups in total. The molecule has 0 bridgehead atoms. The van der Waals surface area contributed by atoms with Gasteiger partial charge in [-0.3, -0.25) is 10.1 Å². The van der Waals surface area contributed by atoms with Crippen molar-refractivity contribution in [3.05, 3.63) is 11.8 Å². The number of hydrogen-bond donors (Lipinski definition) is 2. The van der Waals surface area contributed by atoms with Crippen LogP contribution in [-0.2, 0) is 4.74 Å². The van der Waals surface area contributed by atoms with E-state index in [0.717, 1.165) is 0 Å². The van der Waals surface area contributed by atoms with Crippen molar-refractivity contribution in [3.63, 3.8) is 0 Å². The summed E-state index contributed by atoms with van der Waals surface area (Å²) in [5, 5.41) is 26.8. The van der Waals surface area contributed by atoms with Gasteiger partial charge < -0.3 is 14.7 Å². The summed E-state index contributed by atoms with van der Waals surface area (Å²) >= 11 is 0.